The molecule has 2 aromatic carbocycles. The molecule has 0 aromatic heterocycles. The molecule has 0 atom stereocenters. The zero-order valence-corrected chi connectivity index (χ0v) is 15.0. The minimum absolute atomic E-state index is 0.287. The number of nitrogens with one attached hydrogen (secondary N) is 2. The molecule has 0 spiro atoms. The first-order valence-corrected chi connectivity index (χ1v) is 9.30. The smallest absolute Gasteiger partial charge is 0.406 e. The molecule has 2 rings (SSSR count). The fourth-order valence-electron chi connectivity index (χ4n) is 1.95. The Hall–Kier alpha value is -2.42. The zero-order chi connectivity index (χ0) is 19.4. The molecule has 0 heterocycles. The number of hydrogen-bond acceptors (Lipinski definition) is 4. The summed E-state index contributed by atoms with van der Waals surface area (Å²) in [5, 5.41) is 2.53. The van der Waals surface area contributed by atoms with Crippen LogP contribution in [0.25, 0.3) is 0 Å². The molecule has 5 nitrogen and oxygen atoms in total. The second-order valence-corrected chi connectivity index (χ2v) is 8.06. The van der Waals surface area contributed by atoms with Crippen LogP contribution >= 0.6 is 0 Å². The maximum Gasteiger partial charge on any atom is 0.573 e. The van der Waals surface area contributed by atoms with Crippen molar-refractivity contribution in [3.63, 3.8) is 0 Å². The summed E-state index contributed by atoms with van der Waals surface area (Å²) in [5.41, 5.74) is 1.98. The summed E-state index contributed by atoms with van der Waals surface area (Å²) in [6.07, 6.45) is -4.71. The van der Waals surface area contributed by atoms with Gasteiger partial charge in [-0.3, -0.25) is 4.72 Å². The molecule has 0 aliphatic rings. The van der Waals surface area contributed by atoms with Gasteiger partial charge in [0.2, 0.25) is 10.0 Å². The summed E-state index contributed by atoms with van der Waals surface area (Å²) in [6.45, 7) is 3.61. The SMILES string of the molecule is CC(C)S(=O)(=O)Nc1ccc(CNc2ccc(OC(F)(F)F)cc2)cc1. The Morgan fingerprint density at radius 3 is 2.00 bits per heavy atom. The fraction of sp³-hybridized carbons (Fsp3) is 0.294. The van der Waals surface area contributed by atoms with Crippen molar-refractivity contribution in [3.8, 4) is 5.75 Å². The number of ether oxygens (including phenoxy) is 1. The molecule has 142 valence electrons. The van der Waals surface area contributed by atoms with Gasteiger partial charge in [-0.1, -0.05) is 12.1 Å². The Bertz CT molecular complexity index is 818. The monoisotopic (exact) mass is 388 g/mol. The third kappa shape index (κ3) is 6.14. The quantitative estimate of drug-likeness (QED) is 0.740. The van der Waals surface area contributed by atoms with Crippen LogP contribution in [0.3, 0.4) is 0 Å². The Kier molecular flexibility index (Phi) is 6.01. The van der Waals surface area contributed by atoms with E-state index in [-0.39, 0.29) is 5.75 Å². The van der Waals surface area contributed by atoms with E-state index in [1.807, 2.05) is 0 Å². The molecule has 26 heavy (non-hydrogen) atoms. The third-order valence-electron chi connectivity index (χ3n) is 3.42. The molecule has 0 fully saturated rings. The first-order chi connectivity index (χ1) is 12.0. The highest BCUT2D eigenvalue weighted by molar-refractivity contribution is 7.93. The molecule has 2 aromatic rings. The summed E-state index contributed by atoms with van der Waals surface area (Å²) in [4.78, 5) is 0. The second-order valence-electron chi connectivity index (χ2n) is 5.82. The minimum Gasteiger partial charge on any atom is -0.406 e. The predicted octanol–water partition coefficient (Wildman–Crippen LogP) is 4.35. The van der Waals surface area contributed by atoms with E-state index in [0.29, 0.717) is 17.9 Å². The van der Waals surface area contributed by atoms with Gasteiger partial charge in [0.15, 0.2) is 0 Å². The van der Waals surface area contributed by atoms with Crippen molar-refractivity contribution in [1.29, 1.82) is 0 Å². The van der Waals surface area contributed by atoms with Crippen LogP contribution in [0, 0.1) is 0 Å². The van der Waals surface area contributed by atoms with Crippen molar-refractivity contribution < 1.29 is 26.3 Å². The van der Waals surface area contributed by atoms with Gasteiger partial charge >= 0.3 is 6.36 Å². The summed E-state index contributed by atoms with van der Waals surface area (Å²) in [5.74, 6) is -0.287. The highest BCUT2D eigenvalue weighted by Crippen LogP contribution is 2.24. The summed E-state index contributed by atoms with van der Waals surface area (Å²) in [7, 11) is -3.39. The van der Waals surface area contributed by atoms with E-state index in [1.54, 1.807) is 38.1 Å². The normalized spacial score (nSPS) is 12.1. The van der Waals surface area contributed by atoms with Gasteiger partial charge in [-0.05, 0) is 55.8 Å². The van der Waals surface area contributed by atoms with E-state index in [4.69, 9.17) is 0 Å². The molecule has 0 unspecified atom stereocenters. The molecule has 0 radical (unpaired) electrons. The molecular weight excluding hydrogens is 369 g/mol. The van der Waals surface area contributed by atoms with Crippen molar-refractivity contribution in [3.05, 3.63) is 54.1 Å². The van der Waals surface area contributed by atoms with Crippen molar-refractivity contribution in [2.24, 2.45) is 0 Å². The average Bonchev–Trinajstić information content (AvgIpc) is 2.54. The van der Waals surface area contributed by atoms with Gasteiger partial charge < -0.3 is 10.1 Å². The highest BCUT2D eigenvalue weighted by atomic mass is 32.2. The molecule has 0 bridgehead atoms. The highest BCUT2D eigenvalue weighted by Gasteiger charge is 2.30. The largest absolute Gasteiger partial charge is 0.573 e. The van der Waals surface area contributed by atoms with Crippen LogP contribution in [0.15, 0.2) is 48.5 Å². The molecule has 0 amide bonds. The van der Waals surface area contributed by atoms with Crippen molar-refractivity contribution in [2.75, 3.05) is 10.0 Å². The lowest BCUT2D eigenvalue weighted by molar-refractivity contribution is -0.274. The molecule has 2 N–H and O–H groups in total. The number of anilines is 2. The van der Waals surface area contributed by atoms with E-state index in [9.17, 15) is 21.6 Å². The van der Waals surface area contributed by atoms with E-state index >= 15 is 0 Å². The summed E-state index contributed by atoms with van der Waals surface area (Å²) < 4.78 is 66.2. The first-order valence-electron chi connectivity index (χ1n) is 7.75. The lowest BCUT2D eigenvalue weighted by atomic mass is 10.2. The average molecular weight is 388 g/mol. The molecule has 9 heteroatoms. The van der Waals surface area contributed by atoms with Gasteiger partial charge in [-0.15, -0.1) is 13.2 Å². The number of rotatable bonds is 7. The fourth-order valence-corrected chi connectivity index (χ4v) is 2.65. The predicted molar refractivity (Wildman–Crippen MR) is 94.6 cm³/mol. The third-order valence-corrected chi connectivity index (χ3v) is 5.18. The van der Waals surface area contributed by atoms with Crippen LogP contribution in [-0.4, -0.2) is 20.0 Å². The molecule has 0 saturated carbocycles. The van der Waals surface area contributed by atoms with Gasteiger partial charge in [0.05, 0.1) is 5.25 Å². The second kappa shape index (κ2) is 7.86. The van der Waals surface area contributed by atoms with Crippen LogP contribution in [0.4, 0.5) is 24.5 Å². The number of sulfonamides is 1. The van der Waals surface area contributed by atoms with Gasteiger partial charge in [-0.25, -0.2) is 8.42 Å². The van der Waals surface area contributed by atoms with Gasteiger partial charge in [0, 0.05) is 17.9 Å². The maximum absolute atomic E-state index is 12.1. The van der Waals surface area contributed by atoms with Crippen molar-refractivity contribution in [1.82, 2.24) is 0 Å². The molecule has 0 aliphatic heterocycles. The molecule has 0 aliphatic carbocycles. The van der Waals surface area contributed by atoms with Gasteiger partial charge in [-0.2, -0.15) is 0 Å². The van der Waals surface area contributed by atoms with E-state index < -0.39 is 21.6 Å². The van der Waals surface area contributed by atoms with Gasteiger partial charge in [0.1, 0.15) is 5.75 Å². The van der Waals surface area contributed by atoms with Crippen LogP contribution in [-0.2, 0) is 16.6 Å². The number of alkyl halides is 3. The van der Waals surface area contributed by atoms with Gasteiger partial charge in [0.25, 0.3) is 0 Å². The number of hydrogen-bond donors (Lipinski definition) is 2. The Morgan fingerprint density at radius 2 is 1.50 bits per heavy atom. The molecule has 0 saturated heterocycles. The van der Waals surface area contributed by atoms with Crippen LogP contribution in [0.1, 0.15) is 19.4 Å². The summed E-state index contributed by atoms with van der Waals surface area (Å²) >= 11 is 0. The number of benzene rings is 2. The topological polar surface area (TPSA) is 67.4 Å². The minimum atomic E-state index is -4.71. The first kappa shape index (κ1) is 19.9. The van der Waals surface area contributed by atoms with Crippen LogP contribution in [0.2, 0.25) is 0 Å². The van der Waals surface area contributed by atoms with E-state index in [0.717, 1.165) is 5.56 Å². The standard InChI is InChI=1S/C17H19F3N2O3S/c1-12(2)26(23,24)22-15-5-3-13(4-6-15)11-21-14-7-9-16(10-8-14)25-17(18,19)20/h3-10,12,21-22H,11H2,1-2H3. The number of halogens is 3. The molecular formula is C17H19F3N2O3S. The summed E-state index contributed by atoms with van der Waals surface area (Å²) in [6, 6.07) is 12.2. The van der Waals surface area contributed by atoms with E-state index in [2.05, 4.69) is 14.8 Å². The van der Waals surface area contributed by atoms with Crippen LogP contribution < -0.4 is 14.8 Å². The van der Waals surface area contributed by atoms with Crippen molar-refractivity contribution >= 4 is 21.4 Å². The lowest BCUT2D eigenvalue weighted by Gasteiger charge is -2.12. The maximum atomic E-state index is 12.1. The van der Waals surface area contributed by atoms with E-state index in [1.165, 1.54) is 24.3 Å². The zero-order valence-electron chi connectivity index (χ0n) is 14.2. The van der Waals surface area contributed by atoms with Crippen molar-refractivity contribution in [2.45, 2.75) is 32.0 Å². The van der Waals surface area contributed by atoms with Crippen LogP contribution in [0.5, 0.6) is 5.75 Å². The Morgan fingerprint density at radius 1 is 0.962 bits per heavy atom. The lowest BCUT2D eigenvalue weighted by Crippen LogP contribution is -2.22. The Balaban J connectivity index is 1.92. The Labute approximate surface area is 150 Å².